The maximum absolute atomic E-state index is 13.2. The van der Waals surface area contributed by atoms with Crippen LogP contribution in [0.15, 0.2) is 0 Å². The number of halogens is 2. The largest absolute Gasteiger partial charge is 0.388 e. The fourth-order valence-electron chi connectivity index (χ4n) is 4.76. The summed E-state index contributed by atoms with van der Waals surface area (Å²) in [6, 6.07) is -1.29. The number of fused-ring (bicyclic) bond motifs is 1. The van der Waals surface area contributed by atoms with Gasteiger partial charge in [-0.1, -0.05) is 6.92 Å². The van der Waals surface area contributed by atoms with Crippen LogP contribution in [-0.4, -0.2) is 125 Å². The molecule has 9 nitrogen and oxygen atoms in total. The Morgan fingerprint density at radius 3 is 2.56 bits per heavy atom. The number of aliphatic hydroxyl groups excluding tert-OH is 3. The van der Waals surface area contributed by atoms with Gasteiger partial charge >= 0.3 is 0 Å². The lowest BCUT2D eigenvalue weighted by Gasteiger charge is -2.44. The molecule has 3 heterocycles. The molecular weight excluding hydrogens is 509 g/mol. The van der Waals surface area contributed by atoms with Crippen LogP contribution in [0.1, 0.15) is 20.3 Å². The van der Waals surface area contributed by atoms with E-state index in [-0.39, 0.29) is 30.1 Å². The molecule has 0 aromatic rings. The molecule has 0 radical (unpaired) electrons. The van der Waals surface area contributed by atoms with Crippen molar-refractivity contribution in [3.63, 3.8) is 0 Å². The topological polar surface area (TPSA) is 124 Å². The SMILES string of the molecule is CCCN1CCO[C@@H]2[C@H](CN[C@@H]2C(=O)N[C@H]([C@H](C)Cl)[C@H]2OC(SC)[C@H](O)[C@H](O)C2O)C1.CSF. The average molecular weight is 548 g/mol. The molecule has 3 aliphatic rings. The fraction of sp³-hybridized carbons (Fsp3) is 0.952. The summed E-state index contributed by atoms with van der Waals surface area (Å²) in [4.78, 5) is 15.6. The Bertz CT molecular complexity index is 629. The standard InChI is InChI=1S/C20H36ClN3O6S.CH3FS/c1-4-5-24-6-7-29-17-11(9-24)8-22-13(17)19(28)23-12(10(2)21)18-15(26)14(25)16(27)20(30-18)31-3;1-3-2/h10-18,20,22,25-27H,4-9H2,1-3H3,(H,23,28);1H3/t10-,11+,12+,13-,14+,15?,16+,17+,18+,20?;/m0./s1. The Morgan fingerprint density at radius 1 is 1.29 bits per heavy atom. The van der Waals surface area contributed by atoms with Crippen molar-refractivity contribution in [3.05, 3.63) is 0 Å². The number of nitrogens with one attached hydrogen (secondary N) is 2. The number of carbonyl (C=O) groups excluding carboxylic acids is 1. The smallest absolute Gasteiger partial charge is 0.240 e. The molecular formula is C21H39ClFN3O6S2. The van der Waals surface area contributed by atoms with Crippen molar-refractivity contribution in [2.75, 3.05) is 45.3 Å². The predicted molar refractivity (Wildman–Crippen MR) is 134 cm³/mol. The van der Waals surface area contributed by atoms with Crippen LogP contribution in [-0.2, 0) is 14.3 Å². The minimum Gasteiger partial charge on any atom is -0.388 e. The normalized spacial score (nSPS) is 38.1. The van der Waals surface area contributed by atoms with Gasteiger partial charge in [-0.25, -0.2) is 0 Å². The first-order chi connectivity index (χ1) is 16.2. The van der Waals surface area contributed by atoms with Crippen molar-refractivity contribution in [1.29, 1.82) is 0 Å². The van der Waals surface area contributed by atoms with Gasteiger partial charge in [0.2, 0.25) is 5.91 Å². The number of ether oxygens (including phenoxy) is 2. The molecule has 200 valence electrons. The van der Waals surface area contributed by atoms with E-state index in [0.29, 0.717) is 13.2 Å². The van der Waals surface area contributed by atoms with Crippen LogP contribution < -0.4 is 10.6 Å². The van der Waals surface area contributed by atoms with Crippen molar-refractivity contribution in [2.24, 2.45) is 5.92 Å². The number of aliphatic hydroxyl groups is 3. The summed E-state index contributed by atoms with van der Waals surface area (Å²) >= 11 is 7.84. The van der Waals surface area contributed by atoms with E-state index in [1.54, 1.807) is 13.2 Å². The van der Waals surface area contributed by atoms with Crippen molar-refractivity contribution in [1.82, 2.24) is 15.5 Å². The Balaban J connectivity index is 0.00000129. The molecule has 5 N–H and O–H groups in total. The van der Waals surface area contributed by atoms with E-state index in [9.17, 15) is 24.0 Å². The number of rotatable bonds is 7. The van der Waals surface area contributed by atoms with Crippen LogP contribution in [0.25, 0.3) is 0 Å². The van der Waals surface area contributed by atoms with Gasteiger partial charge in [0.05, 0.1) is 24.1 Å². The molecule has 0 aromatic heterocycles. The van der Waals surface area contributed by atoms with Crippen molar-refractivity contribution in [3.8, 4) is 0 Å². The van der Waals surface area contributed by atoms with Crippen LogP contribution in [0.3, 0.4) is 0 Å². The molecule has 34 heavy (non-hydrogen) atoms. The molecule has 3 saturated heterocycles. The van der Waals surface area contributed by atoms with Gasteiger partial charge in [0.1, 0.15) is 35.9 Å². The van der Waals surface area contributed by atoms with Crippen molar-refractivity contribution >= 4 is 41.4 Å². The van der Waals surface area contributed by atoms with Gasteiger partial charge in [0, 0.05) is 44.0 Å². The van der Waals surface area contributed by atoms with E-state index < -0.39 is 47.3 Å². The third kappa shape index (κ3) is 7.56. The lowest BCUT2D eigenvalue weighted by Crippen LogP contribution is -2.65. The zero-order chi connectivity index (χ0) is 25.4. The van der Waals surface area contributed by atoms with Crippen LogP contribution in [0.4, 0.5) is 3.89 Å². The van der Waals surface area contributed by atoms with E-state index >= 15 is 0 Å². The lowest BCUT2D eigenvalue weighted by molar-refractivity contribution is -0.205. The number of amides is 1. The van der Waals surface area contributed by atoms with Crippen molar-refractivity contribution < 1.29 is 33.5 Å². The van der Waals surface area contributed by atoms with Gasteiger partial charge in [-0.15, -0.1) is 23.4 Å². The summed E-state index contributed by atoms with van der Waals surface area (Å²) in [7, 11) is 0. The number of alkyl halides is 1. The number of thioether (sulfide) groups is 1. The molecule has 0 spiro atoms. The zero-order valence-corrected chi connectivity index (χ0v) is 22.5. The first-order valence-electron chi connectivity index (χ1n) is 11.6. The Morgan fingerprint density at radius 2 is 1.97 bits per heavy atom. The van der Waals surface area contributed by atoms with E-state index in [1.807, 2.05) is 0 Å². The van der Waals surface area contributed by atoms with Crippen LogP contribution in [0.5, 0.6) is 0 Å². The molecule has 0 aliphatic carbocycles. The summed E-state index contributed by atoms with van der Waals surface area (Å²) in [6.07, 6.45) is -1.02. The van der Waals surface area contributed by atoms with Crippen LogP contribution in [0, 0.1) is 5.92 Å². The monoisotopic (exact) mass is 547 g/mol. The molecule has 13 heteroatoms. The zero-order valence-electron chi connectivity index (χ0n) is 20.1. The first kappa shape index (κ1) is 30.3. The molecule has 3 rings (SSSR count). The predicted octanol–water partition coefficient (Wildman–Crippen LogP) is 0.202. The van der Waals surface area contributed by atoms with E-state index in [2.05, 4.69) is 22.5 Å². The minimum absolute atomic E-state index is 0.214. The molecule has 3 fully saturated rings. The van der Waals surface area contributed by atoms with Gasteiger partial charge in [0.15, 0.2) is 0 Å². The molecule has 0 saturated carbocycles. The van der Waals surface area contributed by atoms with Gasteiger partial charge < -0.3 is 40.3 Å². The minimum atomic E-state index is -1.39. The summed E-state index contributed by atoms with van der Waals surface area (Å²) in [6.45, 7) is 7.86. The number of carbonyl (C=O) groups is 1. The summed E-state index contributed by atoms with van der Waals surface area (Å²) in [5.74, 6) is -0.0582. The van der Waals surface area contributed by atoms with Gasteiger partial charge in [0.25, 0.3) is 0 Å². The second-order valence-electron chi connectivity index (χ2n) is 8.82. The van der Waals surface area contributed by atoms with Gasteiger partial charge in [-0.2, -0.15) is 3.89 Å². The first-order valence-corrected chi connectivity index (χ1v) is 14.4. The van der Waals surface area contributed by atoms with Crippen LogP contribution >= 0.6 is 35.5 Å². The quantitative estimate of drug-likeness (QED) is 0.282. The molecule has 10 atom stereocenters. The highest BCUT2D eigenvalue weighted by molar-refractivity contribution is 7.99. The van der Waals surface area contributed by atoms with Crippen LogP contribution in [0.2, 0.25) is 0 Å². The average Bonchev–Trinajstić information content (AvgIpc) is 3.08. The highest BCUT2D eigenvalue weighted by Crippen LogP contribution is 2.30. The maximum Gasteiger partial charge on any atom is 0.240 e. The second-order valence-corrected chi connectivity index (χ2v) is 10.8. The van der Waals surface area contributed by atoms with E-state index in [0.717, 1.165) is 26.1 Å². The molecule has 0 aromatic carbocycles. The highest BCUT2D eigenvalue weighted by Gasteiger charge is 2.49. The number of nitrogens with zero attached hydrogens (tertiary/aromatic N) is 1. The van der Waals surface area contributed by atoms with Gasteiger partial charge in [-0.3, -0.25) is 4.79 Å². The number of hydrogen-bond acceptors (Lipinski definition) is 10. The molecule has 3 aliphatic heterocycles. The van der Waals surface area contributed by atoms with E-state index in [4.69, 9.17) is 21.1 Å². The maximum atomic E-state index is 13.2. The lowest BCUT2D eigenvalue weighted by atomic mass is 9.92. The third-order valence-corrected chi connectivity index (χ3v) is 7.55. The fourth-order valence-corrected chi connectivity index (χ4v) is 5.65. The highest BCUT2D eigenvalue weighted by atomic mass is 35.5. The Labute approximate surface area is 215 Å². The van der Waals surface area contributed by atoms with Gasteiger partial charge in [-0.05, 0) is 26.1 Å². The Kier molecular flexibility index (Phi) is 13.2. The van der Waals surface area contributed by atoms with E-state index in [1.165, 1.54) is 18.0 Å². The second kappa shape index (κ2) is 14.7. The van der Waals surface area contributed by atoms with Crippen molar-refractivity contribution in [2.45, 2.75) is 73.7 Å². The summed E-state index contributed by atoms with van der Waals surface area (Å²) < 4.78 is 22.1. The Hall–Kier alpha value is 0.110. The molecule has 2 unspecified atom stereocenters. The third-order valence-electron chi connectivity index (χ3n) is 6.42. The summed E-state index contributed by atoms with van der Waals surface area (Å²) in [5, 5.41) is 36.5. The molecule has 0 bridgehead atoms. The number of hydrogen-bond donors (Lipinski definition) is 5. The molecule has 1 amide bonds. The summed E-state index contributed by atoms with van der Waals surface area (Å²) in [5.41, 5.74) is -0.734.